The molecule has 7 nitrogen and oxygen atoms in total. The van der Waals surface area contributed by atoms with Crippen molar-refractivity contribution in [2.75, 3.05) is 43.6 Å². The van der Waals surface area contributed by atoms with Gasteiger partial charge in [0.1, 0.15) is 5.75 Å². The maximum Gasteiger partial charge on any atom is 0.253 e. The summed E-state index contributed by atoms with van der Waals surface area (Å²) in [6, 6.07) is 13.1. The Morgan fingerprint density at radius 3 is 2.65 bits per heavy atom. The standard InChI is InChI=1S/C24H29N3O4/c1-30-20-7-2-4-17(14-20)16-25-24(29)21-9-8-19(26-23(28)18-5-3-6-18)15-22(21)27-10-12-31-13-11-27/h2,4,7-9,14-15,18H,3,5-6,10-13,16H2,1H3,(H,25,29)(H,26,28). The van der Waals surface area contributed by atoms with E-state index in [1.54, 1.807) is 19.2 Å². The van der Waals surface area contributed by atoms with E-state index in [1.807, 2.05) is 30.3 Å². The van der Waals surface area contributed by atoms with Gasteiger partial charge in [-0.15, -0.1) is 0 Å². The normalized spacial score (nSPS) is 16.4. The lowest BCUT2D eigenvalue weighted by molar-refractivity contribution is -0.122. The average molecular weight is 424 g/mol. The van der Waals surface area contributed by atoms with E-state index in [4.69, 9.17) is 9.47 Å². The van der Waals surface area contributed by atoms with Crippen molar-refractivity contribution < 1.29 is 19.1 Å². The number of hydrogen-bond acceptors (Lipinski definition) is 5. The van der Waals surface area contributed by atoms with E-state index in [0.29, 0.717) is 38.4 Å². The molecule has 2 aromatic carbocycles. The van der Waals surface area contributed by atoms with E-state index >= 15 is 0 Å². The highest BCUT2D eigenvalue weighted by atomic mass is 16.5. The molecule has 164 valence electrons. The lowest BCUT2D eigenvalue weighted by Crippen LogP contribution is -2.38. The van der Waals surface area contributed by atoms with Gasteiger partial charge in [-0.1, -0.05) is 18.6 Å². The molecule has 0 spiro atoms. The zero-order valence-electron chi connectivity index (χ0n) is 17.9. The Hall–Kier alpha value is -3.06. The molecular weight excluding hydrogens is 394 g/mol. The first kappa shape index (κ1) is 21.2. The summed E-state index contributed by atoms with van der Waals surface area (Å²) < 4.78 is 10.7. The third-order valence-electron chi connectivity index (χ3n) is 5.92. The molecule has 0 unspecified atom stereocenters. The summed E-state index contributed by atoms with van der Waals surface area (Å²) in [6.07, 6.45) is 3.02. The number of anilines is 2. The van der Waals surface area contributed by atoms with Gasteiger partial charge in [-0.3, -0.25) is 9.59 Å². The second kappa shape index (κ2) is 9.83. The Kier molecular flexibility index (Phi) is 6.72. The largest absolute Gasteiger partial charge is 0.497 e. The summed E-state index contributed by atoms with van der Waals surface area (Å²) in [5.41, 5.74) is 3.09. The number of carbonyl (C=O) groups excluding carboxylic acids is 2. The highest BCUT2D eigenvalue weighted by Gasteiger charge is 2.26. The lowest BCUT2D eigenvalue weighted by atomic mass is 9.85. The molecule has 1 aliphatic heterocycles. The van der Waals surface area contributed by atoms with Gasteiger partial charge in [0.25, 0.3) is 5.91 Å². The number of methoxy groups -OCH3 is 1. The third kappa shape index (κ3) is 5.17. The number of nitrogens with zero attached hydrogens (tertiary/aromatic N) is 1. The average Bonchev–Trinajstić information content (AvgIpc) is 2.77. The summed E-state index contributed by atoms with van der Waals surface area (Å²) in [6.45, 7) is 3.04. The van der Waals surface area contributed by atoms with Gasteiger partial charge in [0.2, 0.25) is 5.91 Å². The number of hydrogen-bond donors (Lipinski definition) is 2. The van der Waals surface area contributed by atoms with Gasteiger partial charge < -0.3 is 25.0 Å². The molecule has 2 amide bonds. The molecule has 2 aliphatic rings. The van der Waals surface area contributed by atoms with E-state index in [0.717, 1.165) is 42.0 Å². The minimum atomic E-state index is -0.152. The molecule has 0 radical (unpaired) electrons. The maximum atomic E-state index is 13.0. The first-order valence-electron chi connectivity index (χ1n) is 10.8. The minimum absolute atomic E-state index is 0.0643. The van der Waals surface area contributed by atoms with Crippen LogP contribution in [0.15, 0.2) is 42.5 Å². The van der Waals surface area contributed by atoms with Crippen LogP contribution in [0.4, 0.5) is 11.4 Å². The van der Waals surface area contributed by atoms with Crippen LogP contribution >= 0.6 is 0 Å². The molecule has 1 saturated heterocycles. The second-order valence-electron chi connectivity index (χ2n) is 7.98. The van der Waals surface area contributed by atoms with Crippen LogP contribution in [0.3, 0.4) is 0 Å². The monoisotopic (exact) mass is 423 g/mol. The first-order valence-corrected chi connectivity index (χ1v) is 10.8. The number of amides is 2. The highest BCUT2D eigenvalue weighted by molar-refractivity contribution is 6.01. The lowest BCUT2D eigenvalue weighted by Gasteiger charge is -2.31. The fourth-order valence-corrected chi connectivity index (χ4v) is 3.84. The van der Waals surface area contributed by atoms with Gasteiger partial charge in [0, 0.05) is 31.2 Å². The number of ether oxygens (including phenoxy) is 2. The molecule has 31 heavy (non-hydrogen) atoms. The van der Waals surface area contributed by atoms with Crippen LogP contribution < -0.4 is 20.3 Å². The Morgan fingerprint density at radius 2 is 1.94 bits per heavy atom. The highest BCUT2D eigenvalue weighted by Crippen LogP contribution is 2.30. The van der Waals surface area contributed by atoms with Gasteiger partial charge in [-0.05, 0) is 48.7 Å². The van der Waals surface area contributed by atoms with Crippen LogP contribution in [0, 0.1) is 5.92 Å². The summed E-state index contributed by atoms with van der Waals surface area (Å²) in [4.78, 5) is 27.6. The van der Waals surface area contributed by atoms with E-state index in [1.165, 1.54) is 0 Å². The Labute approximate surface area is 182 Å². The molecule has 4 rings (SSSR count). The summed E-state index contributed by atoms with van der Waals surface area (Å²) >= 11 is 0. The molecule has 2 aromatic rings. The third-order valence-corrected chi connectivity index (χ3v) is 5.92. The van der Waals surface area contributed by atoms with E-state index in [2.05, 4.69) is 15.5 Å². The Balaban J connectivity index is 1.51. The SMILES string of the molecule is COc1cccc(CNC(=O)c2ccc(NC(=O)C3CCC3)cc2N2CCOCC2)c1. The van der Waals surface area contributed by atoms with E-state index < -0.39 is 0 Å². The van der Waals surface area contributed by atoms with Crippen LogP contribution in [-0.4, -0.2) is 45.2 Å². The Bertz CT molecular complexity index is 936. The van der Waals surface area contributed by atoms with Crippen LogP contribution in [0.1, 0.15) is 35.2 Å². The molecule has 0 atom stereocenters. The molecule has 2 fully saturated rings. The van der Waals surface area contributed by atoms with Crippen molar-refractivity contribution in [2.45, 2.75) is 25.8 Å². The zero-order valence-corrected chi connectivity index (χ0v) is 17.9. The van der Waals surface area contributed by atoms with Crippen molar-refractivity contribution in [1.29, 1.82) is 0 Å². The van der Waals surface area contributed by atoms with Crippen LogP contribution in [-0.2, 0) is 16.1 Å². The summed E-state index contributed by atoms with van der Waals surface area (Å²) in [5, 5.41) is 6.02. The molecule has 2 N–H and O–H groups in total. The van der Waals surface area contributed by atoms with Crippen molar-refractivity contribution in [2.24, 2.45) is 5.92 Å². The molecule has 1 aliphatic carbocycles. The van der Waals surface area contributed by atoms with E-state index in [9.17, 15) is 9.59 Å². The maximum absolute atomic E-state index is 13.0. The fourth-order valence-electron chi connectivity index (χ4n) is 3.84. The van der Waals surface area contributed by atoms with E-state index in [-0.39, 0.29) is 17.7 Å². The van der Waals surface area contributed by atoms with Crippen molar-refractivity contribution in [3.8, 4) is 5.75 Å². The zero-order chi connectivity index (χ0) is 21.6. The quantitative estimate of drug-likeness (QED) is 0.715. The van der Waals surface area contributed by atoms with Crippen LogP contribution in [0.5, 0.6) is 5.75 Å². The first-order chi connectivity index (χ1) is 15.1. The molecule has 0 aromatic heterocycles. The topological polar surface area (TPSA) is 79.9 Å². The molecule has 1 saturated carbocycles. The number of carbonyl (C=O) groups is 2. The van der Waals surface area contributed by atoms with Crippen LogP contribution in [0.2, 0.25) is 0 Å². The van der Waals surface area contributed by atoms with Gasteiger partial charge >= 0.3 is 0 Å². The number of benzene rings is 2. The number of nitrogens with one attached hydrogen (secondary N) is 2. The van der Waals surface area contributed by atoms with Crippen LogP contribution in [0.25, 0.3) is 0 Å². The van der Waals surface area contributed by atoms with Gasteiger partial charge in [-0.2, -0.15) is 0 Å². The predicted octanol–water partition coefficient (Wildman–Crippen LogP) is 3.20. The van der Waals surface area contributed by atoms with Crippen molar-refractivity contribution >= 4 is 23.2 Å². The minimum Gasteiger partial charge on any atom is -0.497 e. The summed E-state index contributed by atoms with van der Waals surface area (Å²) in [5.74, 6) is 0.778. The predicted molar refractivity (Wildman–Crippen MR) is 120 cm³/mol. The van der Waals surface area contributed by atoms with Crippen molar-refractivity contribution in [1.82, 2.24) is 5.32 Å². The van der Waals surface area contributed by atoms with Gasteiger partial charge in [-0.25, -0.2) is 0 Å². The van der Waals surface area contributed by atoms with Gasteiger partial charge in [0.05, 0.1) is 31.6 Å². The molecule has 1 heterocycles. The molecular formula is C24H29N3O4. The molecule has 0 bridgehead atoms. The number of rotatable bonds is 7. The Morgan fingerprint density at radius 1 is 1.13 bits per heavy atom. The van der Waals surface area contributed by atoms with Crippen molar-refractivity contribution in [3.63, 3.8) is 0 Å². The summed E-state index contributed by atoms with van der Waals surface area (Å²) in [7, 11) is 1.62. The van der Waals surface area contributed by atoms with Gasteiger partial charge in [0.15, 0.2) is 0 Å². The second-order valence-corrected chi connectivity index (χ2v) is 7.98. The molecule has 7 heteroatoms. The number of morpholine rings is 1. The van der Waals surface area contributed by atoms with Crippen molar-refractivity contribution in [3.05, 3.63) is 53.6 Å². The smallest absolute Gasteiger partial charge is 0.253 e. The fraction of sp³-hybridized carbons (Fsp3) is 0.417.